The quantitative estimate of drug-likeness (QED) is 0.763. The first-order valence-electron chi connectivity index (χ1n) is 8.79. The number of rotatable bonds is 2. The first-order chi connectivity index (χ1) is 12.5. The van der Waals surface area contributed by atoms with Gasteiger partial charge in [-0.1, -0.05) is 0 Å². The van der Waals surface area contributed by atoms with E-state index in [-0.39, 0.29) is 0 Å². The van der Waals surface area contributed by atoms with Crippen LogP contribution in [0.25, 0.3) is 11.3 Å². The second-order valence-corrected chi connectivity index (χ2v) is 6.90. The Morgan fingerprint density at radius 2 is 1.92 bits per heavy atom. The van der Waals surface area contributed by atoms with Gasteiger partial charge in [-0.05, 0) is 37.5 Å². The number of carboxylic acids is 1. The summed E-state index contributed by atoms with van der Waals surface area (Å²) in [5, 5.41) is 19.6. The topological polar surface area (TPSA) is 96.9 Å². The SMILES string of the molecule is CN1CCc2c([nH]c(=O)c(C(=O)O)c2O)-c2ccc(N3CCCC3)cc21. The van der Waals surface area contributed by atoms with Crippen molar-refractivity contribution in [1.29, 1.82) is 0 Å². The highest BCUT2D eigenvalue weighted by Gasteiger charge is 2.27. The fourth-order valence-electron chi connectivity index (χ4n) is 3.92. The summed E-state index contributed by atoms with van der Waals surface area (Å²) in [6.07, 6.45) is 2.83. The zero-order valence-electron chi connectivity index (χ0n) is 14.6. The highest BCUT2D eigenvalue weighted by atomic mass is 16.4. The van der Waals surface area contributed by atoms with Gasteiger partial charge in [-0.3, -0.25) is 4.79 Å². The molecule has 1 saturated heterocycles. The van der Waals surface area contributed by atoms with E-state index in [4.69, 9.17) is 0 Å². The lowest BCUT2D eigenvalue weighted by Crippen LogP contribution is -2.21. The lowest BCUT2D eigenvalue weighted by Gasteiger charge is -2.24. The molecule has 0 atom stereocenters. The zero-order chi connectivity index (χ0) is 18.4. The number of fused-ring (bicyclic) bond motifs is 3. The molecule has 0 amide bonds. The van der Waals surface area contributed by atoms with Crippen LogP contribution in [-0.2, 0) is 6.42 Å². The number of pyridine rings is 1. The van der Waals surface area contributed by atoms with E-state index in [1.807, 2.05) is 19.2 Å². The molecule has 1 aromatic carbocycles. The Morgan fingerprint density at radius 1 is 1.19 bits per heavy atom. The third kappa shape index (κ3) is 2.51. The van der Waals surface area contributed by atoms with Gasteiger partial charge < -0.3 is 25.0 Å². The van der Waals surface area contributed by atoms with E-state index >= 15 is 0 Å². The molecule has 26 heavy (non-hydrogen) atoms. The van der Waals surface area contributed by atoms with E-state index in [1.54, 1.807) is 0 Å². The first kappa shape index (κ1) is 16.5. The van der Waals surface area contributed by atoms with E-state index in [0.717, 1.165) is 30.0 Å². The highest BCUT2D eigenvalue weighted by molar-refractivity contribution is 5.93. The van der Waals surface area contributed by atoms with E-state index in [2.05, 4.69) is 20.9 Å². The van der Waals surface area contributed by atoms with Crippen LogP contribution in [0.2, 0.25) is 0 Å². The minimum atomic E-state index is -1.42. The molecule has 3 N–H and O–H groups in total. The number of anilines is 2. The van der Waals surface area contributed by atoms with Crippen molar-refractivity contribution in [3.63, 3.8) is 0 Å². The largest absolute Gasteiger partial charge is 0.506 e. The summed E-state index contributed by atoms with van der Waals surface area (Å²) in [4.78, 5) is 30.6. The van der Waals surface area contributed by atoms with Crippen LogP contribution in [0.4, 0.5) is 11.4 Å². The van der Waals surface area contributed by atoms with Gasteiger partial charge in [0.25, 0.3) is 5.56 Å². The summed E-state index contributed by atoms with van der Waals surface area (Å²) in [7, 11) is 1.96. The summed E-state index contributed by atoms with van der Waals surface area (Å²) in [5.41, 5.74) is 2.51. The second-order valence-electron chi connectivity index (χ2n) is 6.90. The molecule has 0 spiro atoms. The third-order valence-electron chi connectivity index (χ3n) is 5.33. The highest BCUT2D eigenvalue weighted by Crippen LogP contribution is 2.40. The predicted molar refractivity (Wildman–Crippen MR) is 99.5 cm³/mol. The Balaban J connectivity index is 1.91. The number of carbonyl (C=O) groups is 1. The molecule has 1 fully saturated rings. The summed E-state index contributed by atoms with van der Waals surface area (Å²) < 4.78 is 0. The van der Waals surface area contributed by atoms with Gasteiger partial charge in [0.05, 0.1) is 5.69 Å². The van der Waals surface area contributed by atoms with Crippen LogP contribution in [0.1, 0.15) is 28.8 Å². The van der Waals surface area contributed by atoms with Crippen LogP contribution in [0, 0.1) is 0 Å². The van der Waals surface area contributed by atoms with Gasteiger partial charge >= 0.3 is 5.97 Å². The van der Waals surface area contributed by atoms with Crippen molar-refractivity contribution in [2.24, 2.45) is 0 Å². The number of hydrogen-bond acceptors (Lipinski definition) is 5. The minimum absolute atomic E-state index is 0.430. The monoisotopic (exact) mass is 355 g/mol. The fraction of sp³-hybridized carbons (Fsp3) is 0.368. The summed E-state index contributed by atoms with van der Waals surface area (Å²) in [6, 6.07) is 6.07. The van der Waals surface area contributed by atoms with Crippen LogP contribution >= 0.6 is 0 Å². The standard InChI is InChI=1S/C19H21N3O4/c1-21-9-6-13-16(20-18(24)15(17(13)23)19(25)26)12-5-4-11(10-14(12)21)22-7-2-3-8-22/h4-5,10H,2-3,6-9H2,1H3,(H,25,26)(H2,20,23,24). The van der Waals surface area contributed by atoms with E-state index in [9.17, 15) is 19.8 Å². The number of aromatic carboxylic acids is 1. The second kappa shape index (κ2) is 6.09. The number of nitrogens with one attached hydrogen (secondary N) is 1. The first-order valence-corrected chi connectivity index (χ1v) is 8.79. The summed E-state index contributed by atoms with van der Waals surface area (Å²) in [5.74, 6) is -1.85. The van der Waals surface area contributed by atoms with Crippen LogP contribution < -0.4 is 15.4 Å². The number of carboxylic acid groups (broad SMARTS) is 1. The van der Waals surface area contributed by atoms with Gasteiger partial charge in [0.2, 0.25) is 0 Å². The van der Waals surface area contributed by atoms with E-state index in [1.165, 1.54) is 12.8 Å². The Kier molecular flexibility index (Phi) is 3.86. The van der Waals surface area contributed by atoms with Crippen LogP contribution in [0.3, 0.4) is 0 Å². The maximum absolute atomic E-state index is 12.2. The lowest BCUT2D eigenvalue weighted by atomic mass is 10.00. The fourth-order valence-corrected chi connectivity index (χ4v) is 3.92. The number of aromatic hydroxyl groups is 1. The molecular weight excluding hydrogens is 334 g/mol. The molecule has 0 saturated carbocycles. The van der Waals surface area contributed by atoms with Crippen molar-refractivity contribution < 1.29 is 15.0 Å². The van der Waals surface area contributed by atoms with Crippen molar-refractivity contribution in [3.8, 4) is 17.0 Å². The molecule has 0 radical (unpaired) electrons. The predicted octanol–water partition coefficient (Wildman–Crippen LogP) is 2.04. The van der Waals surface area contributed by atoms with Gasteiger partial charge in [0.1, 0.15) is 5.75 Å². The average molecular weight is 355 g/mol. The van der Waals surface area contributed by atoms with E-state index in [0.29, 0.717) is 24.2 Å². The van der Waals surface area contributed by atoms with Gasteiger partial charge in [0.15, 0.2) is 5.56 Å². The van der Waals surface area contributed by atoms with Crippen molar-refractivity contribution in [2.75, 3.05) is 36.5 Å². The van der Waals surface area contributed by atoms with Crippen LogP contribution in [0.5, 0.6) is 5.75 Å². The molecule has 0 unspecified atom stereocenters. The van der Waals surface area contributed by atoms with Gasteiger partial charge in [-0.2, -0.15) is 0 Å². The lowest BCUT2D eigenvalue weighted by molar-refractivity contribution is 0.0691. The molecule has 7 heteroatoms. The molecule has 0 bridgehead atoms. The molecule has 2 aliphatic rings. The van der Waals surface area contributed by atoms with Gasteiger partial charge in [-0.15, -0.1) is 0 Å². The van der Waals surface area contributed by atoms with Crippen molar-refractivity contribution >= 4 is 17.3 Å². The van der Waals surface area contributed by atoms with Crippen molar-refractivity contribution in [3.05, 3.63) is 39.7 Å². The number of hydrogen-bond donors (Lipinski definition) is 3. The Bertz CT molecular complexity index is 945. The van der Waals surface area contributed by atoms with Gasteiger partial charge in [0, 0.05) is 49.2 Å². The normalized spacial score (nSPS) is 16.2. The number of nitrogens with zero attached hydrogens (tertiary/aromatic N) is 2. The molecule has 136 valence electrons. The number of aromatic nitrogens is 1. The molecule has 2 aromatic rings. The number of H-pyrrole nitrogens is 1. The maximum atomic E-state index is 12.2. The molecular formula is C19H21N3O4. The Hall–Kier alpha value is -2.96. The summed E-state index contributed by atoms with van der Waals surface area (Å²) in [6.45, 7) is 2.69. The molecule has 0 aliphatic carbocycles. The van der Waals surface area contributed by atoms with Crippen molar-refractivity contribution in [2.45, 2.75) is 19.3 Å². The minimum Gasteiger partial charge on any atom is -0.506 e. The number of likely N-dealkylation sites (N-methyl/N-ethyl adjacent to an activating group) is 1. The molecule has 2 aliphatic heterocycles. The van der Waals surface area contributed by atoms with Crippen molar-refractivity contribution in [1.82, 2.24) is 4.98 Å². The maximum Gasteiger partial charge on any atom is 0.345 e. The Labute approximate surface area is 150 Å². The number of benzene rings is 1. The Morgan fingerprint density at radius 3 is 2.62 bits per heavy atom. The van der Waals surface area contributed by atoms with E-state index < -0.39 is 22.8 Å². The third-order valence-corrected chi connectivity index (χ3v) is 5.33. The molecule has 7 nitrogen and oxygen atoms in total. The average Bonchev–Trinajstić information content (AvgIpc) is 3.10. The van der Waals surface area contributed by atoms with Crippen LogP contribution in [0.15, 0.2) is 23.0 Å². The zero-order valence-corrected chi connectivity index (χ0v) is 14.6. The van der Waals surface area contributed by atoms with Crippen LogP contribution in [-0.4, -0.2) is 47.8 Å². The van der Waals surface area contributed by atoms with Gasteiger partial charge in [-0.25, -0.2) is 4.79 Å². The molecule has 1 aromatic heterocycles. The summed E-state index contributed by atoms with van der Waals surface area (Å²) >= 11 is 0. The smallest absolute Gasteiger partial charge is 0.345 e. The molecule has 4 rings (SSSR count). The molecule has 3 heterocycles. The number of aromatic amines is 1.